The van der Waals surface area contributed by atoms with Crippen molar-refractivity contribution in [3.8, 4) is 0 Å². The topological polar surface area (TPSA) is 59.8 Å². The van der Waals surface area contributed by atoms with E-state index in [0.717, 1.165) is 38.0 Å². The highest BCUT2D eigenvalue weighted by molar-refractivity contribution is 5.82. The number of piperidine rings is 1. The predicted molar refractivity (Wildman–Crippen MR) is 99.8 cm³/mol. The van der Waals surface area contributed by atoms with E-state index in [1.807, 2.05) is 12.3 Å². The van der Waals surface area contributed by atoms with Gasteiger partial charge in [-0.3, -0.25) is 9.88 Å². The zero-order valence-electron chi connectivity index (χ0n) is 14.6. The summed E-state index contributed by atoms with van der Waals surface area (Å²) in [5, 5.41) is 20.2. The number of β-amino-alcohol motifs (C(OH)–C–C–N with tert-alkyl or cyclic N) is 1. The number of benzene rings is 1. The second-order valence-corrected chi connectivity index (χ2v) is 7.48. The van der Waals surface area contributed by atoms with E-state index in [1.165, 1.54) is 23.9 Å². The summed E-state index contributed by atoms with van der Waals surface area (Å²) in [5.74, 6) is 0. The Balaban J connectivity index is 1.46. The number of aliphatic hydroxyl groups excluding tert-OH is 2. The molecule has 5 heteroatoms. The average Bonchev–Trinajstić information content (AvgIpc) is 3.03. The molecule has 1 spiro atoms. The van der Waals surface area contributed by atoms with Gasteiger partial charge in [0, 0.05) is 42.4 Å². The maximum absolute atomic E-state index is 9.85. The number of anilines is 1. The van der Waals surface area contributed by atoms with E-state index >= 15 is 0 Å². The number of aliphatic hydroxyl groups is 2. The molecular weight excluding hydrogens is 314 g/mol. The van der Waals surface area contributed by atoms with Gasteiger partial charge >= 0.3 is 0 Å². The van der Waals surface area contributed by atoms with Gasteiger partial charge in [0.05, 0.1) is 18.2 Å². The minimum Gasteiger partial charge on any atom is -0.394 e. The Morgan fingerprint density at radius 1 is 1.12 bits per heavy atom. The summed E-state index contributed by atoms with van der Waals surface area (Å²) >= 11 is 0. The fraction of sp³-hybridized carbons (Fsp3) is 0.550. The largest absolute Gasteiger partial charge is 0.394 e. The van der Waals surface area contributed by atoms with Crippen LogP contribution in [-0.4, -0.2) is 64.5 Å². The van der Waals surface area contributed by atoms with Crippen LogP contribution in [0.2, 0.25) is 0 Å². The lowest BCUT2D eigenvalue weighted by Gasteiger charge is -2.46. The molecule has 4 rings (SSSR count). The molecule has 2 saturated heterocycles. The first-order chi connectivity index (χ1) is 12.2. The molecule has 1 aromatic carbocycles. The maximum atomic E-state index is 9.85. The Morgan fingerprint density at radius 3 is 2.76 bits per heavy atom. The van der Waals surface area contributed by atoms with E-state index in [2.05, 4.69) is 39.0 Å². The van der Waals surface area contributed by atoms with Crippen molar-refractivity contribution in [2.45, 2.75) is 37.3 Å². The fourth-order valence-electron chi connectivity index (χ4n) is 4.60. The van der Waals surface area contributed by atoms with Gasteiger partial charge in [-0.15, -0.1) is 0 Å². The molecule has 0 saturated carbocycles. The van der Waals surface area contributed by atoms with Gasteiger partial charge in [0.15, 0.2) is 0 Å². The number of rotatable bonds is 4. The van der Waals surface area contributed by atoms with Gasteiger partial charge in [-0.05, 0) is 56.5 Å². The van der Waals surface area contributed by atoms with Crippen LogP contribution in [0.4, 0.5) is 5.69 Å². The fourth-order valence-corrected chi connectivity index (χ4v) is 4.60. The molecule has 2 aliphatic rings. The maximum Gasteiger partial charge on any atom is 0.0897 e. The molecule has 3 heterocycles. The van der Waals surface area contributed by atoms with E-state index in [1.54, 1.807) is 0 Å². The van der Waals surface area contributed by atoms with Gasteiger partial charge in [-0.2, -0.15) is 0 Å². The zero-order valence-corrected chi connectivity index (χ0v) is 14.6. The minimum atomic E-state index is -0.624. The first-order valence-corrected chi connectivity index (χ1v) is 9.34. The lowest BCUT2D eigenvalue weighted by molar-refractivity contribution is 0.0208. The van der Waals surface area contributed by atoms with E-state index in [4.69, 9.17) is 5.11 Å². The average molecular weight is 341 g/mol. The predicted octanol–water partition coefficient (Wildman–Crippen LogP) is 2.02. The summed E-state index contributed by atoms with van der Waals surface area (Å²) in [6.07, 6.45) is 5.86. The number of likely N-dealkylation sites (tertiary alicyclic amines) is 1. The van der Waals surface area contributed by atoms with Crippen LogP contribution in [0.1, 0.15) is 25.7 Å². The Bertz CT molecular complexity index is 728. The molecular formula is C20H27N3O2. The highest BCUT2D eigenvalue weighted by Crippen LogP contribution is 2.39. The van der Waals surface area contributed by atoms with Gasteiger partial charge in [0.25, 0.3) is 0 Å². The van der Waals surface area contributed by atoms with Gasteiger partial charge < -0.3 is 15.1 Å². The van der Waals surface area contributed by atoms with Gasteiger partial charge in [0.1, 0.15) is 0 Å². The van der Waals surface area contributed by atoms with E-state index in [0.29, 0.717) is 6.54 Å². The van der Waals surface area contributed by atoms with Gasteiger partial charge in [0.2, 0.25) is 0 Å². The molecule has 134 valence electrons. The summed E-state index contributed by atoms with van der Waals surface area (Å²) in [5.41, 5.74) is 2.53. The number of hydrogen-bond donors (Lipinski definition) is 2. The molecule has 0 radical (unpaired) electrons. The second-order valence-electron chi connectivity index (χ2n) is 7.48. The summed E-state index contributed by atoms with van der Waals surface area (Å²) in [6.45, 7) is 3.57. The van der Waals surface area contributed by atoms with Crippen LogP contribution in [0.15, 0.2) is 36.5 Å². The molecule has 0 bridgehead atoms. The van der Waals surface area contributed by atoms with E-state index in [-0.39, 0.29) is 12.1 Å². The van der Waals surface area contributed by atoms with Crippen molar-refractivity contribution in [2.24, 2.45) is 0 Å². The summed E-state index contributed by atoms with van der Waals surface area (Å²) in [6, 6.07) is 10.6. The summed E-state index contributed by atoms with van der Waals surface area (Å²) < 4.78 is 0. The van der Waals surface area contributed by atoms with Crippen molar-refractivity contribution in [3.05, 3.63) is 36.5 Å². The van der Waals surface area contributed by atoms with Crippen molar-refractivity contribution in [3.63, 3.8) is 0 Å². The Labute approximate surface area is 148 Å². The number of nitrogens with zero attached hydrogens (tertiary/aromatic N) is 3. The standard InChI is InChI=1S/C20H27N3O2/c24-15-18(25)14-23-10-2-6-20(23)7-11-22(12-8-20)17-4-5-19-16(13-17)3-1-9-21-19/h1,3-5,9,13,18,24-25H,2,6-8,10-12,14-15H2/t18-/m1/s1. The van der Waals surface area contributed by atoms with E-state index in [9.17, 15) is 5.11 Å². The van der Waals surface area contributed by atoms with Gasteiger partial charge in [-0.1, -0.05) is 6.07 Å². The molecule has 2 aromatic rings. The number of fused-ring (bicyclic) bond motifs is 1. The monoisotopic (exact) mass is 341 g/mol. The van der Waals surface area contributed by atoms with Crippen molar-refractivity contribution in [2.75, 3.05) is 37.7 Å². The number of pyridine rings is 1. The lowest BCUT2D eigenvalue weighted by Crippen LogP contribution is -2.54. The van der Waals surface area contributed by atoms with E-state index < -0.39 is 6.10 Å². The van der Waals surface area contributed by atoms with Gasteiger partial charge in [-0.25, -0.2) is 0 Å². The van der Waals surface area contributed by atoms with Crippen molar-refractivity contribution < 1.29 is 10.2 Å². The molecule has 1 aromatic heterocycles. The third kappa shape index (κ3) is 3.24. The molecule has 0 aliphatic carbocycles. The third-order valence-electron chi connectivity index (χ3n) is 6.03. The molecule has 2 aliphatic heterocycles. The van der Waals surface area contributed by atoms with Crippen LogP contribution < -0.4 is 4.90 Å². The van der Waals surface area contributed by atoms with Crippen LogP contribution in [0.3, 0.4) is 0 Å². The van der Waals surface area contributed by atoms with Crippen molar-refractivity contribution in [1.82, 2.24) is 9.88 Å². The highest BCUT2D eigenvalue weighted by atomic mass is 16.3. The number of hydrogen-bond acceptors (Lipinski definition) is 5. The minimum absolute atomic E-state index is 0.149. The molecule has 2 N–H and O–H groups in total. The molecule has 0 unspecified atom stereocenters. The third-order valence-corrected chi connectivity index (χ3v) is 6.03. The summed E-state index contributed by atoms with van der Waals surface area (Å²) in [4.78, 5) is 9.30. The van der Waals surface area contributed by atoms with Crippen LogP contribution in [-0.2, 0) is 0 Å². The van der Waals surface area contributed by atoms with Crippen LogP contribution in [0, 0.1) is 0 Å². The van der Waals surface area contributed by atoms with Crippen LogP contribution in [0.5, 0.6) is 0 Å². The SMILES string of the molecule is OC[C@H](O)CN1CCCC12CCN(c1ccc3ncccc3c1)CC2. The van der Waals surface area contributed by atoms with Crippen molar-refractivity contribution >= 4 is 16.6 Å². The molecule has 0 amide bonds. The Kier molecular flexibility index (Phi) is 4.63. The molecule has 1 atom stereocenters. The Hall–Kier alpha value is -1.69. The van der Waals surface area contributed by atoms with Crippen LogP contribution >= 0.6 is 0 Å². The first-order valence-electron chi connectivity index (χ1n) is 9.34. The first kappa shape index (κ1) is 16.8. The smallest absolute Gasteiger partial charge is 0.0897 e. The van der Waals surface area contributed by atoms with Crippen molar-refractivity contribution in [1.29, 1.82) is 0 Å². The second kappa shape index (κ2) is 6.90. The molecule has 2 fully saturated rings. The molecule has 5 nitrogen and oxygen atoms in total. The van der Waals surface area contributed by atoms with Crippen LogP contribution in [0.25, 0.3) is 10.9 Å². The number of aromatic nitrogens is 1. The normalized spacial score (nSPS) is 21.9. The highest BCUT2D eigenvalue weighted by Gasteiger charge is 2.43. The Morgan fingerprint density at radius 2 is 1.96 bits per heavy atom. The summed E-state index contributed by atoms with van der Waals surface area (Å²) in [7, 11) is 0. The lowest BCUT2D eigenvalue weighted by atomic mass is 9.84. The quantitative estimate of drug-likeness (QED) is 0.891. The molecule has 25 heavy (non-hydrogen) atoms. The zero-order chi connectivity index (χ0) is 17.3.